The molecule has 8 heteroatoms. The maximum absolute atomic E-state index is 12.0. The third-order valence-corrected chi connectivity index (χ3v) is 2.96. The fraction of sp³-hybridized carbons (Fsp3) is 0.375. The summed E-state index contributed by atoms with van der Waals surface area (Å²) in [5.41, 5.74) is 1.09. The molecule has 1 aromatic carbocycles. The molecule has 0 aliphatic rings. The molecule has 0 radical (unpaired) electrons. The van der Waals surface area contributed by atoms with Gasteiger partial charge in [0, 0.05) is 20.0 Å². The molecule has 4 amide bonds. The van der Waals surface area contributed by atoms with Gasteiger partial charge in [-0.1, -0.05) is 12.1 Å². The van der Waals surface area contributed by atoms with Gasteiger partial charge in [0.1, 0.15) is 0 Å². The van der Waals surface area contributed by atoms with Crippen molar-refractivity contribution in [1.82, 2.24) is 16.0 Å². The summed E-state index contributed by atoms with van der Waals surface area (Å²) in [6.45, 7) is 5.23. The van der Waals surface area contributed by atoms with Crippen LogP contribution in [-0.2, 0) is 20.9 Å². The Morgan fingerprint density at radius 2 is 1.71 bits per heavy atom. The van der Waals surface area contributed by atoms with Gasteiger partial charge in [-0.2, -0.15) is 0 Å². The summed E-state index contributed by atoms with van der Waals surface area (Å²) in [5, 5.41) is 7.11. The third kappa shape index (κ3) is 6.47. The number of imide groups is 1. The number of carbonyl (C=O) groups excluding carboxylic acids is 4. The zero-order valence-corrected chi connectivity index (χ0v) is 13.8. The van der Waals surface area contributed by atoms with Crippen molar-refractivity contribution in [2.24, 2.45) is 0 Å². The number of rotatable bonds is 6. The van der Waals surface area contributed by atoms with Crippen molar-refractivity contribution in [3.8, 4) is 0 Å². The Kier molecular flexibility index (Phi) is 7.41. The lowest BCUT2D eigenvalue weighted by atomic mass is 10.1. The third-order valence-electron chi connectivity index (χ3n) is 2.96. The van der Waals surface area contributed by atoms with E-state index >= 15 is 0 Å². The molecule has 1 atom stereocenters. The smallest absolute Gasteiger partial charge is 0.338 e. The SMILES string of the molecule is CCNC(=O)NC(=O)[C@H](C)OC(=O)c1ccc(CNC(C)=O)cc1. The highest BCUT2D eigenvalue weighted by atomic mass is 16.5. The molecule has 0 bridgehead atoms. The van der Waals surface area contributed by atoms with Gasteiger partial charge in [-0.25, -0.2) is 9.59 Å². The molecular weight excluding hydrogens is 314 g/mol. The highest BCUT2D eigenvalue weighted by Gasteiger charge is 2.20. The van der Waals surface area contributed by atoms with Gasteiger partial charge in [0.2, 0.25) is 5.91 Å². The summed E-state index contributed by atoms with van der Waals surface area (Å²) >= 11 is 0. The molecule has 0 fully saturated rings. The van der Waals surface area contributed by atoms with E-state index in [-0.39, 0.29) is 11.5 Å². The molecule has 0 saturated heterocycles. The van der Waals surface area contributed by atoms with E-state index in [1.807, 2.05) is 0 Å². The average Bonchev–Trinajstić information content (AvgIpc) is 2.53. The van der Waals surface area contributed by atoms with Gasteiger partial charge in [-0.3, -0.25) is 14.9 Å². The van der Waals surface area contributed by atoms with Crippen molar-refractivity contribution >= 4 is 23.8 Å². The van der Waals surface area contributed by atoms with Crippen LogP contribution in [0.5, 0.6) is 0 Å². The zero-order valence-electron chi connectivity index (χ0n) is 13.8. The molecule has 0 aromatic heterocycles. The first-order chi connectivity index (χ1) is 11.3. The second-order valence-corrected chi connectivity index (χ2v) is 5.00. The van der Waals surface area contributed by atoms with Crippen LogP contribution in [0.4, 0.5) is 4.79 Å². The van der Waals surface area contributed by atoms with E-state index in [1.54, 1.807) is 19.1 Å². The molecule has 0 spiro atoms. The number of urea groups is 1. The number of amides is 4. The van der Waals surface area contributed by atoms with Crippen LogP contribution < -0.4 is 16.0 Å². The normalized spacial score (nSPS) is 11.1. The lowest BCUT2D eigenvalue weighted by Gasteiger charge is -2.13. The standard InChI is InChI=1S/C16H21N3O5/c1-4-17-16(23)19-14(21)10(2)24-15(22)13-7-5-12(6-8-13)9-18-11(3)20/h5-8,10H,4,9H2,1-3H3,(H,18,20)(H2,17,19,21,23)/t10-/m0/s1. The highest BCUT2D eigenvalue weighted by molar-refractivity contribution is 5.98. The largest absolute Gasteiger partial charge is 0.449 e. The monoisotopic (exact) mass is 335 g/mol. The Morgan fingerprint density at radius 1 is 1.08 bits per heavy atom. The molecule has 0 aliphatic carbocycles. The first kappa shape index (κ1) is 19.1. The van der Waals surface area contributed by atoms with Crippen LogP contribution >= 0.6 is 0 Å². The number of benzene rings is 1. The Morgan fingerprint density at radius 3 is 2.25 bits per heavy atom. The van der Waals surface area contributed by atoms with Crippen molar-refractivity contribution < 1.29 is 23.9 Å². The topological polar surface area (TPSA) is 114 Å². The zero-order chi connectivity index (χ0) is 18.1. The Balaban J connectivity index is 2.56. The minimum Gasteiger partial charge on any atom is -0.449 e. The molecule has 0 aliphatic heterocycles. The van der Waals surface area contributed by atoms with Gasteiger partial charge in [0.25, 0.3) is 5.91 Å². The van der Waals surface area contributed by atoms with E-state index in [2.05, 4.69) is 16.0 Å². The van der Waals surface area contributed by atoms with Crippen LogP contribution in [0.1, 0.15) is 36.7 Å². The van der Waals surface area contributed by atoms with Gasteiger partial charge < -0.3 is 15.4 Å². The molecular formula is C16H21N3O5. The summed E-state index contributed by atoms with van der Waals surface area (Å²) < 4.78 is 5.01. The first-order valence-electron chi connectivity index (χ1n) is 7.46. The summed E-state index contributed by atoms with van der Waals surface area (Å²) in [6.07, 6.45) is -1.11. The minimum absolute atomic E-state index is 0.148. The maximum Gasteiger partial charge on any atom is 0.338 e. The predicted molar refractivity (Wildman–Crippen MR) is 86.1 cm³/mol. The van der Waals surface area contributed by atoms with Crippen LogP contribution in [0.3, 0.4) is 0 Å². The van der Waals surface area contributed by atoms with Crippen LogP contribution in [-0.4, -0.2) is 36.5 Å². The number of hydrogen-bond acceptors (Lipinski definition) is 5. The minimum atomic E-state index is -1.11. The fourth-order valence-electron chi connectivity index (χ4n) is 1.69. The summed E-state index contributed by atoms with van der Waals surface area (Å²) in [6, 6.07) is 5.77. The highest BCUT2D eigenvalue weighted by Crippen LogP contribution is 2.07. The summed E-state index contributed by atoms with van der Waals surface area (Å²) in [7, 11) is 0. The molecule has 0 heterocycles. The van der Waals surface area contributed by atoms with Gasteiger partial charge in [0.05, 0.1) is 5.56 Å². The van der Waals surface area contributed by atoms with Gasteiger partial charge >= 0.3 is 12.0 Å². The van der Waals surface area contributed by atoms with Crippen molar-refractivity contribution in [2.75, 3.05) is 6.54 Å². The molecule has 1 rings (SSSR count). The quantitative estimate of drug-likeness (QED) is 0.663. The van der Waals surface area contributed by atoms with Crippen LogP contribution in [0.2, 0.25) is 0 Å². The van der Waals surface area contributed by atoms with E-state index in [4.69, 9.17) is 4.74 Å². The Labute approximate surface area is 139 Å². The van der Waals surface area contributed by atoms with Crippen molar-refractivity contribution in [1.29, 1.82) is 0 Å². The number of nitrogens with one attached hydrogen (secondary N) is 3. The number of esters is 1. The van der Waals surface area contributed by atoms with E-state index in [9.17, 15) is 19.2 Å². The maximum atomic E-state index is 12.0. The molecule has 8 nitrogen and oxygen atoms in total. The summed E-state index contributed by atoms with van der Waals surface area (Å²) in [5.74, 6) is -1.54. The van der Waals surface area contributed by atoms with Gasteiger partial charge in [-0.05, 0) is 31.5 Å². The van der Waals surface area contributed by atoms with E-state index in [1.165, 1.54) is 26.0 Å². The van der Waals surface area contributed by atoms with Crippen LogP contribution in [0.25, 0.3) is 0 Å². The van der Waals surface area contributed by atoms with E-state index < -0.39 is 24.0 Å². The Hall–Kier alpha value is -2.90. The summed E-state index contributed by atoms with van der Waals surface area (Å²) in [4.78, 5) is 45.8. The van der Waals surface area contributed by atoms with E-state index in [0.29, 0.717) is 13.1 Å². The first-order valence-corrected chi connectivity index (χ1v) is 7.46. The van der Waals surface area contributed by atoms with Crippen LogP contribution in [0, 0.1) is 0 Å². The lowest BCUT2D eigenvalue weighted by molar-refractivity contribution is -0.128. The average molecular weight is 335 g/mol. The lowest BCUT2D eigenvalue weighted by Crippen LogP contribution is -2.44. The van der Waals surface area contributed by atoms with E-state index in [0.717, 1.165) is 5.56 Å². The molecule has 0 unspecified atom stereocenters. The van der Waals surface area contributed by atoms with Gasteiger partial charge in [0.15, 0.2) is 6.10 Å². The second-order valence-electron chi connectivity index (χ2n) is 5.00. The molecule has 0 saturated carbocycles. The fourth-order valence-corrected chi connectivity index (χ4v) is 1.69. The van der Waals surface area contributed by atoms with Crippen molar-refractivity contribution in [2.45, 2.75) is 33.4 Å². The predicted octanol–water partition coefficient (Wildman–Crippen LogP) is 0.714. The molecule has 1 aromatic rings. The number of hydrogen-bond donors (Lipinski definition) is 3. The van der Waals surface area contributed by atoms with Crippen LogP contribution in [0.15, 0.2) is 24.3 Å². The van der Waals surface area contributed by atoms with Crippen molar-refractivity contribution in [3.05, 3.63) is 35.4 Å². The molecule has 24 heavy (non-hydrogen) atoms. The van der Waals surface area contributed by atoms with Crippen molar-refractivity contribution in [3.63, 3.8) is 0 Å². The second kappa shape index (κ2) is 9.29. The van der Waals surface area contributed by atoms with Gasteiger partial charge in [-0.15, -0.1) is 0 Å². The number of ether oxygens (including phenoxy) is 1. The molecule has 3 N–H and O–H groups in total. The number of carbonyl (C=O) groups is 4. The molecule has 130 valence electrons. The Bertz CT molecular complexity index is 613.